The SMILES string of the molecule is CCCCCCCCCCCCOC(=O)C1CCN(C(=O)C2CCCCC2)CC1. The van der Waals surface area contributed by atoms with Gasteiger partial charge < -0.3 is 9.64 Å². The molecule has 1 amide bonds. The first kappa shape index (κ1) is 24.2. The van der Waals surface area contributed by atoms with Crippen LogP contribution in [0.3, 0.4) is 0 Å². The third kappa shape index (κ3) is 9.53. The van der Waals surface area contributed by atoms with E-state index in [0.717, 1.165) is 51.6 Å². The molecule has 0 spiro atoms. The molecule has 0 aromatic rings. The Labute approximate surface area is 179 Å². The predicted molar refractivity (Wildman–Crippen MR) is 119 cm³/mol. The Kier molecular flexibility index (Phi) is 12.4. The zero-order chi connectivity index (χ0) is 20.7. The smallest absolute Gasteiger partial charge is 0.309 e. The highest BCUT2D eigenvalue weighted by Crippen LogP contribution is 2.28. The van der Waals surface area contributed by atoms with Gasteiger partial charge in [0.25, 0.3) is 0 Å². The Bertz CT molecular complexity index is 451. The van der Waals surface area contributed by atoms with Gasteiger partial charge in [0.2, 0.25) is 5.91 Å². The van der Waals surface area contributed by atoms with Crippen LogP contribution in [0.5, 0.6) is 0 Å². The van der Waals surface area contributed by atoms with Crippen LogP contribution in [0.25, 0.3) is 0 Å². The first-order valence-corrected chi connectivity index (χ1v) is 12.7. The van der Waals surface area contributed by atoms with Crippen LogP contribution >= 0.6 is 0 Å². The van der Waals surface area contributed by atoms with E-state index in [1.54, 1.807) is 0 Å². The first-order valence-electron chi connectivity index (χ1n) is 12.7. The van der Waals surface area contributed by atoms with E-state index in [1.807, 2.05) is 4.90 Å². The predicted octanol–water partition coefficient (Wildman–Crippen LogP) is 6.27. The second kappa shape index (κ2) is 14.8. The van der Waals surface area contributed by atoms with Crippen LogP contribution in [-0.4, -0.2) is 36.5 Å². The van der Waals surface area contributed by atoms with E-state index < -0.39 is 0 Å². The molecule has 1 aliphatic carbocycles. The number of nitrogens with zero attached hydrogens (tertiary/aromatic N) is 1. The Hall–Kier alpha value is -1.06. The van der Waals surface area contributed by atoms with Crippen LogP contribution in [-0.2, 0) is 14.3 Å². The lowest BCUT2D eigenvalue weighted by atomic mass is 9.87. The molecule has 0 N–H and O–H groups in total. The minimum atomic E-state index is -0.0364. The lowest BCUT2D eigenvalue weighted by Gasteiger charge is -2.34. The van der Waals surface area contributed by atoms with Crippen LogP contribution < -0.4 is 0 Å². The number of rotatable bonds is 13. The summed E-state index contributed by atoms with van der Waals surface area (Å²) in [5.41, 5.74) is 0. The van der Waals surface area contributed by atoms with E-state index in [4.69, 9.17) is 4.74 Å². The van der Waals surface area contributed by atoms with Crippen LogP contribution in [0.15, 0.2) is 0 Å². The van der Waals surface area contributed by atoms with Crippen molar-refractivity contribution in [3.63, 3.8) is 0 Å². The average molecular weight is 408 g/mol. The minimum Gasteiger partial charge on any atom is -0.465 e. The van der Waals surface area contributed by atoms with E-state index in [9.17, 15) is 9.59 Å². The van der Waals surface area contributed by atoms with Gasteiger partial charge in [-0.3, -0.25) is 9.59 Å². The zero-order valence-electron chi connectivity index (χ0n) is 19.0. The fraction of sp³-hybridized carbons (Fsp3) is 0.920. The standard InChI is InChI=1S/C25H45NO3/c1-2-3-4-5-6-7-8-9-10-14-21-29-25(28)23-17-19-26(20-18-23)24(27)22-15-12-11-13-16-22/h22-23H,2-21H2,1H3. The number of carbonyl (C=O) groups excluding carboxylic acids is 2. The van der Waals surface area contributed by atoms with Gasteiger partial charge in [-0.25, -0.2) is 0 Å². The van der Waals surface area contributed by atoms with Crippen LogP contribution in [0.1, 0.15) is 116 Å². The van der Waals surface area contributed by atoms with Crippen molar-refractivity contribution in [3.05, 3.63) is 0 Å². The largest absolute Gasteiger partial charge is 0.465 e. The lowest BCUT2D eigenvalue weighted by Crippen LogP contribution is -2.43. The number of hydrogen-bond donors (Lipinski definition) is 0. The van der Waals surface area contributed by atoms with E-state index in [-0.39, 0.29) is 17.8 Å². The average Bonchev–Trinajstić information content (AvgIpc) is 2.77. The maximum Gasteiger partial charge on any atom is 0.309 e. The molecule has 0 aromatic carbocycles. The summed E-state index contributed by atoms with van der Waals surface area (Å²) >= 11 is 0. The maximum absolute atomic E-state index is 12.6. The third-order valence-corrected chi connectivity index (χ3v) is 6.84. The summed E-state index contributed by atoms with van der Waals surface area (Å²) < 4.78 is 5.52. The van der Waals surface area contributed by atoms with E-state index in [0.29, 0.717) is 12.5 Å². The normalized spacial score (nSPS) is 18.7. The highest BCUT2D eigenvalue weighted by Gasteiger charge is 2.31. The van der Waals surface area contributed by atoms with E-state index >= 15 is 0 Å². The fourth-order valence-electron chi connectivity index (χ4n) is 4.82. The van der Waals surface area contributed by atoms with Crippen molar-refractivity contribution in [2.24, 2.45) is 11.8 Å². The summed E-state index contributed by atoms with van der Waals surface area (Å²) in [5, 5.41) is 0. The molecule has 29 heavy (non-hydrogen) atoms. The Morgan fingerprint density at radius 2 is 1.28 bits per heavy atom. The number of likely N-dealkylation sites (tertiary alicyclic amines) is 1. The van der Waals surface area contributed by atoms with E-state index in [1.165, 1.54) is 70.6 Å². The van der Waals surface area contributed by atoms with Crippen LogP contribution in [0, 0.1) is 11.8 Å². The molecule has 2 rings (SSSR count). The first-order chi connectivity index (χ1) is 14.2. The summed E-state index contributed by atoms with van der Waals surface area (Å²) in [6, 6.07) is 0. The molecule has 1 aliphatic heterocycles. The Morgan fingerprint density at radius 1 is 0.724 bits per heavy atom. The topological polar surface area (TPSA) is 46.6 Å². The highest BCUT2D eigenvalue weighted by molar-refractivity contribution is 5.79. The highest BCUT2D eigenvalue weighted by atomic mass is 16.5. The molecule has 2 aliphatic rings. The van der Waals surface area contributed by atoms with Crippen molar-refractivity contribution >= 4 is 11.9 Å². The van der Waals surface area contributed by atoms with Crippen LogP contribution in [0.4, 0.5) is 0 Å². The summed E-state index contributed by atoms with van der Waals surface area (Å²) in [6.07, 6.45) is 20.2. The lowest BCUT2D eigenvalue weighted by molar-refractivity contribution is -0.152. The number of hydrogen-bond acceptors (Lipinski definition) is 3. The van der Waals surface area contributed by atoms with Crippen molar-refractivity contribution in [3.8, 4) is 0 Å². The Morgan fingerprint density at radius 3 is 1.86 bits per heavy atom. The molecule has 0 atom stereocenters. The molecule has 0 bridgehead atoms. The van der Waals surface area contributed by atoms with Gasteiger partial charge in [0.1, 0.15) is 0 Å². The summed E-state index contributed by atoms with van der Waals surface area (Å²) in [4.78, 5) is 26.9. The third-order valence-electron chi connectivity index (χ3n) is 6.84. The monoisotopic (exact) mass is 407 g/mol. The molecule has 4 heteroatoms. The van der Waals surface area contributed by atoms with Gasteiger partial charge in [0.15, 0.2) is 0 Å². The van der Waals surface area contributed by atoms with Crippen molar-refractivity contribution < 1.29 is 14.3 Å². The molecule has 0 radical (unpaired) electrons. The summed E-state index contributed by atoms with van der Waals surface area (Å²) in [7, 11) is 0. The fourth-order valence-corrected chi connectivity index (χ4v) is 4.82. The molecule has 2 fully saturated rings. The van der Waals surface area contributed by atoms with E-state index in [2.05, 4.69) is 6.92 Å². The summed E-state index contributed by atoms with van der Waals surface area (Å²) in [6.45, 7) is 4.28. The van der Waals surface area contributed by atoms with Gasteiger partial charge in [-0.2, -0.15) is 0 Å². The zero-order valence-corrected chi connectivity index (χ0v) is 19.0. The number of esters is 1. The van der Waals surface area contributed by atoms with Crippen molar-refractivity contribution in [2.75, 3.05) is 19.7 Å². The van der Waals surface area contributed by atoms with Crippen molar-refractivity contribution in [1.82, 2.24) is 4.90 Å². The molecule has 168 valence electrons. The quantitative estimate of drug-likeness (QED) is 0.267. The van der Waals surface area contributed by atoms with Gasteiger partial charge in [0.05, 0.1) is 12.5 Å². The van der Waals surface area contributed by atoms with Gasteiger partial charge in [0, 0.05) is 19.0 Å². The second-order valence-corrected chi connectivity index (χ2v) is 9.28. The minimum absolute atomic E-state index is 0.00599. The Balaban J connectivity index is 1.46. The number of ether oxygens (including phenoxy) is 1. The maximum atomic E-state index is 12.6. The number of unbranched alkanes of at least 4 members (excludes halogenated alkanes) is 9. The molecule has 0 unspecified atom stereocenters. The van der Waals surface area contributed by atoms with Crippen molar-refractivity contribution in [1.29, 1.82) is 0 Å². The molecule has 1 saturated heterocycles. The molecular weight excluding hydrogens is 362 g/mol. The molecule has 0 aromatic heterocycles. The van der Waals surface area contributed by atoms with Gasteiger partial charge in [-0.05, 0) is 32.1 Å². The number of piperidine rings is 1. The van der Waals surface area contributed by atoms with Gasteiger partial charge in [-0.15, -0.1) is 0 Å². The molecule has 1 heterocycles. The summed E-state index contributed by atoms with van der Waals surface area (Å²) in [5.74, 6) is 0.532. The van der Waals surface area contributed by atoms with Gasteiger partial charge >= 0.3 is 5.97 Å². The van der Waals surface area contributed by atoms with Crippen molar-refractivity contribution in [2.45, 2.75) is 116 Å². The molecular formula is C25H45NO3. The molecule has 4 nitrogen and oxygen atoms in total. The second-order valence-electron chi connectivity index (χ2n) is 9.28. The van der Waals surface area contributed by atoms with Gasteiger partial charge in [-0.1, -0.05) is 84.0 Å². The number of carbonyl (C=O) groups is 2. The molecule has 1 saturated carbocycles. The van der Waals surface area contributed by atoms with Crippen LogP contribution in [0.2, 0.25) is 0 Å². The number of amides is 1.